The third-order valence-electron chi connectivity index (χ3n) is 3.02. The molecule has 1 aromatic heterocycles. The molecule has 0 bridgehead atoms. The van der Waals surface area contributed by atoms with Gasteiger partial charge in [-0.2, -0.15) is 0 Å². The largest absolute Gasteiger partial charge is 0.490 e. The predicted octanol–water partition coefficient (Wildman–Crippen LogP) is 3.36. The molecule has 1 heterocycles. The van der Waals surface area contributed by atoms with Gasteiger partial charge in [0.05, 0.1) is 0 Å². The van der Waals surface area contributed by atoms with Crippen LogP contribution in [0.25, 0.3) is 0 Å². The van der Waals surface area contributed by atoms with Crippen molar-refractivity contribution in [1.82, 2.24) is 10.3 Å². The van der Waals surface area contributed by atoms with E-state index in [1.165, 1.54) is 5.57 Å². The number of carbonyl (C=O) groups excluding carboxylic acids is 1. The predicted molar refractivity (Wildman–Crippen MR) is 86.8 cm³/mol. The highest BCUT2D eigenvalue weighted by molar-refractivity contribution is 5.92. The van der Waals surface area contributed by atoms with Crippen molar-refractivity contribution in [1.29, 1.82) is 0 Å². The molecule has 2 rings (SSSR count). The Morgan fingerprint density at radius 3 is 2.59 bits per heavy atom. The summed E-state index contributed by atoms with van der Waals surface area (Å²) >= 11 is 0. The number of nitrogens with one attached hydrogen (secondary N) is 1. The number of allylic oxidation sites excluding steroid dienone is 1. The van der Waals surface area contributed by atoms with Crippen molar-refractivity contribution in [2.24, 2.45) is 0 Å². The number of benzene rings is 1. The van der Waals surface area contributed by atoms with Gasteiger partial charge in [-0.1, -0.05) is 23.8 Å². The Balaban J connectivity index is 1.84. The van der Waals surface area contributed by atoms with Gasteiger partial charge in [-0.05, 0) is 49.8 Å². The van der Waals surface area contributed by atoms with Crippen LogP contribution in [-0.4, -0.2) is 17.5 Å². The van der Waals surface area contributed by atoms with Crippen LogP contribution in [0.5, 0.6) is 5.75 Å². The molecule has 1 N–H and O–H groups in total. The highest BCUT2D eigenvalue weighted by Gasteiger charge is 2.05. The van der Waals surface area contributed by atoms with Crippen molar-refractivity contribution in [2.75, 3.05) is 6.61 Å². The average molecular weight is 296 g/mol. The molecule has 4 heteroatoms. The molecule has 0 atom stereocenters. The van der Waals surface area contributed by atoms with Crippen LogP contribution < -0.4 is 10.1 Å². The van der Waals surface area contributed by atoms with Gasteiger partial charge >= 0.3 is 0 Å². The van der Waals surface area contributed by atoms with Gasteiger partial charge in [0, 0.05) is 12.7 Å². The number of pyridine rings is 1. The minimum atomic E-state index is -0.176. The highest BCUT2D eigenvalue weighted by atomic mass is 16.5. The number of amides is 1. The lowest BCUT2D eigenvalue weighted by Gasteiger charge is -2.07. The van der Waals surface area contributed by atoms with E-state index < -0.39 is 0 Å². The lowest BCUT2D eigenvalue weighted by Crippen LogP contribution is -2.23. The maximum atomic E-state index is 11.9. The highest BCUT2D eigenvalue weighted by Crippen LogP contribution is 2.12. The molecule has 0 fully saturated rings. The summed E-state index contributed by atoms with van der Waals surface area (Å²) in [6.07, 6.45) is 3.63. The van der Waals surface area contributed by atoms with Crippen LogP contribution in [0.1, 0.15) is 29.9 Å². The third kappa shape index (κ3) is 5.05. The molecule has 0 radical (unpaired) electrons. The zero-order valence-electron chi connectivity index (χ0n) is 12.9. The Bertz CT molecular complexity index is 630. The minimum absolute atomic E-state index is 0.176. The Labute approximate surface area is 130 Å². The second-order valence-electron chi connectivity index (χ2n) is 5.13. The van der Waals surface area contributed by atoms with E-state index in [4.69, 9.17) is 4.74 Å². The van der Waals surface area contributed by atoms with E-state index in [0.717, 1.165) is 11.3 Å². The normalized spacial score (nSPS) is 9.91. The van der Waals surface area contributed by atoms with Gasteiger partial charge in [-0.25, -0.2) is 0 Å². The first-order chi connectivity index (χ1) is 10.6. The lowest BCUT2D eigenvalue weighted by atomic mass is 10.2. The van der Waals surface area contributed by atoms with Crippen LogP contribution in [0.4, 0.5) is 0 Å². The second kappa shape index (κ2) is 7.98. The first-order valence-corrected chi connectivity index (χ1v) is 7.19. The Hall–Kier alpha value is -2.62. The Morgan fingerprint density at radius 2 is 1.95 bits per heavy atom. The van der Waals surface area contributed by atoms with Crippen LogP contribution >= 0.6 is 0 Å². The quantitative estimate of drug-likeness (QED) is 0.832. The van der Waals surface area contributed by atoms with E-state index in [9.17, 15) is 4.79 Å². The summed E-state index contributed by atoms with van der Waals surface area (Å²) in [4.78, 5) is 15.9. The van der Waals surface area contributed by atoms with E-state index >= 15 is 0 Å². The summed E-state index contributed by atoms with van der Waals surface area (Å²) in [5.74, 6) is 0.641. The zero-order chi connectivity index (χ0) is 15.8. The molecule has 1 aromatic carbocycles. The number of carbonyl (C=O) groups is 1. The number of nitrogens with zero attached hydrogens (tertiary/aromatic N) is 1. The first kappa shape index (κ1) is 15.8. The monoisotopic (exact) mass is 296 g/mol. The van der Waals surface area contributed by atoms with Crippen molar-refractivity contribution in [2.45, 2.75) is 20.4 Å². The van der Waals surface area contributed by atoms with Crippen LogP contribution in [0.2, 0.25) is 0 Å². The third-order valence-corrected chi connectivity index (χ3v) is 3.02. The lowest BCUT2D eigenvalue weighted by molar-refractivity contribution is 0.0946. The molecule has 0 spiro atoms. The van der Waals surface area contributed by atoms with Crippen molar-refractivity contribution < 1.29 is 9.53 Å². The van der Waals surface area contributed by atoms with Crippen molar-refractivity contribution >= 4 is 5.91 Å². The van der Waals surface area contributed by atoms with Gasteiger partial charge in [0.15, 0.2) is 0 Å². The maximum Gasteiger partial charge on any atom is 0.270 e. The summed E-state index contributed by atoms with van der Waals surface area (Å²) < 4.78 is 5.59. The van der Waals surface area contributed by atoms with E-state index in [2.05, 4.69) is 10.3 Å². The summed E-state index contributed by atoms with van der Waals surface area (Å²) in [7, 11) is 0. The SMILES string of the molecule is CC(C)=CCOc1ccc(CNC(=O)c2ccccn2)cc1. The van der Waals surface area contributed by atoms with Crippen molar-refractivity contribution in [3.8, 4) is 5.75 Å². The minimum Gasteiger partial charge on any atom is -0.490 e. The summed E-state index contributed by atoms with van der Waals surface area (Å²) in [5, 5.41) is 2.84. The molecule has 0 aliphatic rings. The molecule has 0 saturated heterocycles. The van der Waals surface area contributed by atoms with Gasteiger partial charge in [0.1, 0.15) is 18.1 Å². The maximum absolute atomic E-state index is 11.9. The molecular formula is C18H20N2O2. The fourth-order valence-corrected chi connectivity index (χ4v) is 1.78. The van der Waals surface area contributed by atoms with Crippen molar-refractivity contribution in [3.05, 3.63) is 71.6 Å². The van der Waals surface area contributed by atoms with Gasteiger partial charge in [-0.3, -0.25) is 9.78 Å². The number of rotatable bonds is 6. The fourth-order valence-electron chi connectivity index (χ4n) is 1.78. The zero-order valence-corrected chi connectivity index (χ0v) is 12.9. The molecule has 2 aromatic rings. The van der Waals surface area contributed by atoms with Gasteiger partial charge < -0.3 is 10.1 Å². The Kier molecular flexibility index (Phi) is 5.72. The van der Waals surface area contributed by atoms with Crippen LogP contribution in [0.3, 0.4) is 0 Å². The molecule has 0 aliphatic carbocycles. The van der Waals surface area contributed by atoms with Gasteiger partial charge in [0.25, 0.3) is 5.91 Å². The van der Waals surface area contributed by atoms with Gasteiger partial charge in [0.2, 0.25) is 0 Å². The number of aromatic nitrogens is 1. The van der Waals surface area contributed by atoms with Crippen LogP contribution in [0, 0.1) is 0 Å². The number of ether oxygens (including phenoxy) is 1. The molecule has 114 valence electrons. The smallest absolute Gasteiger partial charge is 0.270 e. The van der Waals surface area contributed by atoms with E-state index in [-0.39, 0.29) is 5.91 Å². The summed E-state index contributed by atoms with van der Waals surface area (Å²) in [5.41, 5.74) is 2.66. The fraction of sp³-hybridized carbons (Fsp3) is 0.222. The van der Waals surface area contributed by atoms with Crippen molar-refractivity contribution in [3.63, 3.8) is 0 Å². The molecule has 0 saturated carbocycles. The first-order valence-electron chi connectivity index (χ1n) is 7.19. The molecular weight excluding hydrogens is 276 g/mol. The molecule has 0 aliphatic heterocycles. The molecule has 0 unspecified atom stereocenters. The van der Waals surface area contributed by atoms with Gasteiger partial charge in [-0.15, -0.1) is 0 Å². The summed E-state index contributed by atoms with van der Waals surface area (Å²) in [6, 6.07) is 13.0. The molecule has 22 heavy (non-hydrogen) atoms. The average Bonchev–Trinajstić information content (AvgIpc) is 2.54. The van der Waals surface area contributed by atoms with E-state index in [0.29, 0.717) is 18.8 Å². The number of hydrogen-bond donors (Lipinski definition) is 1. The second-order valence-corrected chi connectivity index (χ2v) is 5.13. The molecule has 1 amide bonds. The standard InChI is InChI=1S/C18H20N2O2/c1-14(2)10-12-22-16-8-6-15(7-9-16)13-20-18(21)17-5-3-4-11-19-17/h3-11H,12-13H2,1-2H3,(H,20,21). The number of hydrogen-bond acceptors (Lipinski definition) is 3. The topological polar surface area (TPSA) is 51.2 Å². The van der Waals surface area contributed by atoms with E-state index in [1.54, 1.807) is 24.4 Å². The Morgan fingerprint density at radius 1 is 1.18 bits per heavy atom. The summed E-state index contributed by atoms with van der Waals surface area (Å²) in [6.45, 7) is 5.11. The van der Waals surface area contributed by atoms with Crippen LogP contribution in [-0.2, 0) is 6.54 Å². The van der Waals surface area contributed by atoms with E-state index in [1.807, 2.05) is 44.2 Å². The van der Waals surface area contributed by atoms with Crippen LogP contribution in [0.15, 0.2) is 60.3 Å². The molecule has 4 nitrogen and oxygen atoms in total.